The minimum absolute atomic E-state index is 0.0634. The average molecular weight is 428 g/mol. The number of hydrogen-bond donors (Lipinski definition) is 1. The van der Waals surface area contributed by atoms with Crippen LogP contribution < -0.4 is 10.1 Å². The summed E-state index contributed by atoms with van der Waals surface area (Å²) in [5.41, 5.74) is 0.553. The molecule has 0 aliphatic heterocycles. The van der Waals surface area contributed by atoms with Gasteiger partial charge in [0, 0.05) is 27.3 Å². The number of rotatable bonds is 5. The Morgan fingerprint density at radius 2 is 1.76 bits per heavy atom. The van der Waals surface area contributed by atoms with Crippen LogP contribution in [-0.2, 0) is 0 Å². The van der Waals surface area contributed by atoms with Gasteiger partial charge in [0.2, 0.25) is 5.82 Å². The van der Waals surface area contributed by atoms with E-state index < -0.39 is 10.6 Å². The first-order valence-electron chi connectivity index (χ1n) is 8.25. The van der Waals surface area contributed by atoms with Crippen LogP contribution >= 0.6 is 23.2 Å². The number of aromatic nitrogens is 3. The van der Waals surface area contributed by atoms with E-state index in [-0.39, 0.29) is 11.7 Å². The van der Waals surface area contributed by atoms with Crippen LogP contribution in [0.5, 0.6) is 11.6 Å². The lowest BCUT2D eigenvalue weighted by Crippen LogP contribution is -2.04. The van der Waals surface area contributed by atoms with Gasteiger partial charge in [-0.25, -0.2) is 4.98 Å². The molecule has 144 valence electrons. The van der Waals surface area contributed by atoms with Crippen molar-refractivity contribution in [2.75, 3.05) is 5.32 Å². The number of halogens is 2. The highest BCUT2D eigenvalue weighted by Gasteiger charge is 2.26. The molecule has 0 bridgehead atoms. The summed E-state index contributed by atoms with van der Waals surface area (Å²) in [4.78, 5) is 23.3. The van der Waals surface area contributed by atoms with Crippen LogP contribution in [0.2, 0.25) is 10.0 Å². The van der Waals surface area contributed by atoms with Crippen molar-refractivity contribution in [3.8, 4) is 11.6 Å². The van der Waals surface area contributed by atoms with Crippen molar-refractivity contribution >= 4 is 51.3 Å². The Kier molecular flexibility index (Phi) is 5.11. The van der Waals surface area contributed by atoms with E-state index in [2.05, 4.69) is 20.3 Å². The minimum atomic E-state index is -0.623. The van der Waals surface area contributed by atoms with Crippen molar-refractivity contribution in [2.45, 2.75) is 0 Å². The molecule has 0 saturated heterocycles. The van der Waals surface area contributed by atoms with Gasteiger partial charge in [-0.05, 0) is 30.3 Å². The van der Waals surface area contributed by atoms with Gasteiger partial charge in [-0.3, -0.25) is 15.1 Å². The lowest BCUT2D eigenvalue weighted by Gasteiger charge is -2.11. The molecule has 0 amide bonds. The summed E-state index contributed by atoms with van der Waals surface area (Å²) in [6, 6.07) is 13.6. The van der Waals surface area contributed by atoms with Gasteiger partial charge in [-0.15, -0.1) is 0 Å². The van der Waals surface area contributed by atoms with E-state index in [1.807, 2.05) is 12.1 Å². The first kappa shape index (κ1) is 18.9. The molecule has 2 heterocycles. The van der Waals surface area contributed by atoms with Crippen LogP contribution in [0, 0.1) is 10.1 Å². The van der Waals surface area contributed by atoms with Crippen molar-refractivity contribution in [1.82, 2.24) is 15.0 Å². The van der Waals surface area contributed by atoms with E-state index in [9.17, 15) is 10.1 Å². The zero-order chi connectivity index (χ0) is 20.4. The van der Waals surface area contributed by atoms with Crippen LogP contribution in [0.15, 0.2) is 61.1 Å². The van der Waals surface area contributed by atoms with Gasteiger partial charge >= 0.3 is 11.6 Å². The molecule has 4 rings (SSSR count). The van der Waals surface area contributed by atoms with Gasteiger partial charge in [0.05, 0.1) is 4.92 Å². The Hall–Kier alpha value is -3.49. The normalized spacial score (nSPS) is 10.7. The first-order valence-corrected chi connectivity index (χ1v) is 9.01. The van der Waals surface area contributed by atoms with Crippen LogP contribution in [-0.4, -0.2) is 19.9 Å². The van der Waals surface area contributed by atoms with E-state index in [0.717, 1.165) is 11.7 Å². The second kappa shape index (κ2) is 7.86. The van der Waals surface area contributed by atoms with Crippen LogP contribution in [0.1, 0.15) is 0 Å². The largest absolute Gasteiger partial charge is 0.431 e. The molecule has 0 aliphatic rings. The molecule has 0 saturated carbocycles. The molecular formula is C19H11Cl2N5O3. The van der Waals surface area contributed by atoms with E-state index in [4.69, 9.17) is 27.9 Å². The molecular weight excluding hydrogens is 417 g/mol. The van der Waals surface area contributed by atoms with E-state index in [1.165, 1.54) is 0 Å². The third kappa shape index (κ3) is 4.03. The summed E-state index contributed by atoms with van der Waals surface area (Å²) in [6.07, 6.45) is 2.77. The standard InChI is InChI=1S/C19H11Cl2N5O3/c20-12-7-13(21)9-14(8-12)25-18-17(26(27)28)19(24-10-23-18)29-15-5-1-3-11-4-2-6-22-16(11)15/h1-10H,(H,23,24,25). The second-order valence-electron chi connectivity index (χ2n) is 5.85. The molecule has 0 spiro atoms. The summed E-state index contributed by atoms with van der Waals surface area (Å²) >= 11 is 12.0. The summed E-state index contributed by atoms with van der Waals surface area (Å²) in [7, 11) is 0. The molecule has 0 radical (unpaired) electrons. The molecule has 0 fully saturated rings. The Morgan fingerprint density at radius 3 is 2.52 bits per heavy atom. The Bertz CT molecular complexity index is 1210. The first-order chi connectivity index (χ1) is 14.0. The highest BCUT2D eigenvalue weighted by molar-refractivity contribution is 6.35. The van der Waals surface area contributed by atoms with Gasteiger partial charge in [0.15, 0.2) is 5.75 Å². The fraction of sp³-hybridized carbons (Fsp3) is 0. The zero-order valence-electron chi connectivity index (χ0n) is 14.5. The number of ether oxygens (including phenoxy) is 1. The van der Waals surface area contributed by atoms with Gasteiger partial charge in [-0.1, -0.05) is 41.4 Å². The van der Waals surface area contributed by atoms with Gasteiger partial charge in [0.1, 0.15) is 11.8 Å². The zero-order valence-corrected chi connectivity index (χ0v) is 16.1. The van der Waals surface area contributed by atoms with Gasteiger partial charge < -0.3 is 10.1 Å². The van der Waals surface area contributed by atoms with Crippen LogP contribution in [0.3, 0.4) is 0 Å². The van der Waals surface area contributed by atoms with Crippen LogP contribution in [0.25, 0.3) is 10.9 Å². The van der Waals surface area contributed by atoms with Crippen molar-refractivity contribution in [2.24, 2.45) is 0 Å². The van der Waals surface area contributed by atoms with E-state index in [1.54, 1.807) is 42.6 Å². The van der Waals surface area contributed by atoms with Crippen molar-refractivity contribution < 1.29 is 9.66 Å². The lowest BCUT2D eigenvalue weighted by molar-refractivity contribution is -0.385. The third-order valence-corrected chi connectivity index (χ3v) is 4.34. The van der Waals surface area contributed by atoms with Crippen molar-refractivity contribution in [3.63, 3.8) is 0 Å². The summed E-state index contributed by atoms with van der Waals surface area (Å²) in [6.45, 7) is 0. The number of para-hydroxylation sites is 1. The SMILES string of the molecule is O=[N+]([O-])c1c(Nc2cc(Cl)cc(Cl)c2)ncnc1Oc1cccc2cccnc12. The van der Waals surface area contributed by atoms with Gasteiger partial charge in [0.25, 0.3) is 0 Å². The summed E-state index contributed by atoms with van der Waals surface area (Å²) < 4.78 is 5.76. The fourth-order valence-electron chi connectivity index (χ4n) is 2.72. The number of anilines is 2. The number of nitrogens with zero attached hydrogens (tertiary/aromatic N) is 4. The number of nitro groups is 1. The Balaban J connectivity index is 1.76. The third-order valence-electron chi connectivity index (χ3n) is 3.90. The number of pyridine rings is 1. The molecule has 0 atom stereocenters. The van der Waals surface area contributed by atoms with E-state index in [0.29, 0.717) is 27.0 Å². The van der Waals surface area contributed by atoms with Gasteiger partial charge in [-0.2, -0.15) is 4.98 Å². The molecule has 10 heteroatoms. The maximum atomic E-state index is 11.8. The lowest BCUT2D eigenvalue weighted by atomic mass is 10.2. The Morgan fingerprint density at radius 1 is 1.00 bits per heavy atom. The molecule has 0 aliphatic carbocycles. The molecule has 1 N–H and O–H groups in total. The van der Waals surface area contributed by atoms with Crippen molar-refractivity contribution in [3.05, 3.63) is 81.2 Å². The number of nitrogens with one attached hydrogen (secondary N) is 1. The second-order valence-corrected chi connectivity index (χ2v) is 6.72. The van der Waals surface area contributed by atoms with Crippen LogP contribution in [0.4, 0.5) is 17.2 Å². The summed E-state index contributed by atoms with van der Waals surface area (Å²) in [5.74, 6) is 0.0481. The molecule has 2 aromatic heterocycles. The summed E-state index contributed by atoms with van der Waals surface area (Å²) in [5, 5.41) is 16.2. The predicted octanol–water partition coefficient (Wildman–Crippen LogP) is 5.78. The number of hydrogen-bond acceptors (Lipinski definition) is 7. The Labute approximate surface area is 174 Å². The molecule has 4 aromatic rings. The number of benzene rings is 2. The molecule has 29 heavy (non-hydrogen) atoms. The molecule has 2 aromatic carbocycles. The highest BCUT2D eigenvalue weighted by Crippen LogP contribution is 2.37. The maximum absolute atomic E-state index is 11.8. The van der Waals surface area contributed by atoms with E-state index >= 15 is 0 Å². The smallest absolute Gasteiger partial charge is 0.373 e. The fourth-order valence-corrected chi connectivity index (χ4v) is 3.24. The molecule has 0 unspecified atom stereocenters. The topological polar surface area (TPSA) is 103 Å². The predicted molar refractivity (Wildman–Crippen MR) is 110 cm³/mol. The average Bonchev–Trinajstić information content (AvgIpc) is 2.67. The quantitative estimate of drug-likeness (QED) is 0.318. The number of fused-ring (bicyclic) bond motifs is 1. The maximum Gasteiger partial charge on any atom is 0.373 e. The highest BCUT2D eigenvalue weighted by atomic mass is 35.5. The monoisotopic (exact) mass is 427 g/mol. The van der Waals surface area contributed by atoms with Crippen molar-refractivity contribution in [1.29, 1.82) is 0 Å². The minimum Gasteiger partial charge on any atom is -0.431 e. The molecule has 8 nitrogen and oxygen atoms in total.